The summed E-state index contributed by atoms with van der Waals surface area (Å²) in [5.74, 6) is 5.62. The van der Waals surface area contributed by atoms with Crippen LogP contribution in [0.1, 0.15) is 29.5 Å². The predicted octanol–water partition coefficient (Wildman–Crippen LogP) is 0.0858. The molecule has 1 aliphatic rings. The Morgan fingerprint density at radius 2 is 2.50 bits per heavy atom. The lowest BCUT2D eigenvalue weighted by molar-refractivity contribution is 0.0294. The maximum atomic E-state index is 11.5. The standard InChI is InChI=1S/C12H19N3O3/c1-8-6-15(4-2-10(8)16)7-11-9(3-5-18-11)12(17)14-13/h3,5,8,10,16H,2,4,6-7,13H2,1H3,(H,14,17). The Morgan fingerprint density at radius 1 is 1.72 bits per heavy atom. The third-order valence-corrected chi connectivity index (χ3v) is 3.43. The minimum atomic E-state index is -0.344. The molecule has 1 amide bonds. The molecule has 1 aliphatic heterocycles. The number of hydrazine groups is 1. The van der Waals surface area contributed by atoms with Crippen LogP contribution in [0, 0.1) is 5.92 Å². The highest BCUT2D eigenvalue weighted by Gasteiger charge is 2.26. The van der Waals surface area contributed by atoms with E-state index in [1.165, 1.54) is 6.26 Å². The zero-order valence-electron chi connectivity index (χ0n) is 10.4. The van der Waals surface area contributed by atoms with Crippen molar-refractivity contribution >= 4 is 5.91 Å². The third kappa shape index (κ3) is 2.72. The number of nitrogen functional groups attached to an aromatic ring is 1. The van der Waals surface area contributed by atoms with Gasteiger partial charge in [-0.3, -0.25) is 15.1 Å². The summed E-state index contributed by atoms with van der Waals surface area (Å²) in [6.07, 6.45) is 2.01. The molecule has 18 heavy (non-hydrogen) atoms. The molecular weight excluding hydrogens is 234 g/mol. The number of aliphatic hydroxyl groups is 1. The van der Waals surface area contributed by atoms with Crippen molar-refractivity contribution in [2.24, 2.45) is 11.8 Å². The lowest BCUT2D eigenvalue weighted by Crippen LogP contribution is -2.41. The van der Waals surface area contributed by atoms with Gasteiger partial charge in [0.1, 0.15) is 5.76 Å². The smallest absolute Gasteiger partial charge is 0.268 e. The number of piperidine rings is 1. The molecule has 1 aromatic heterocycles. The van der Waals surface area contributed by atoms with E-state index < -0.39 is 0 Å². The second-order valence-electron chi connectivity index (χ2n) is 4.80. The second-order valence-corrected chi connectivity index (χ2v) is 4.80. The summed E-state index contributed by atoms with van der Waals surface area (Å²) in [7, 11) is 0. The quantitative estimate of drug-likeness (QED) is 0.403. The number of hydrogen-bond donors (Lipinski definition) is 3. The molecule has 1 aromatic rings. The van der Waals surface area contributed by atoms with Crippen LogP contribution in [0.3, 0.4) is 0 Å². The van der Waals surface area contributed by atoms with Gasteiger partial charge in [0.15, 0.2) is 0 Å². The van der Waals surface area contributed by atoms with Crippen LogP contribution in [0.5, 0.6) is 0 Å². The first-order valence-electron chi connectivity index (χ1n) is 6.09. The van der Waals surface area contributed by atoms with Crippen molar-refractivity contribution in [1.82, 2.24) is 10.3 Å². The minimum Gasteiger partial charge on any atom is -0.467 e. The molecule has 4 N–H and O–H groups in total. The number of nitrogens with zero attached hydrogens (tertiary/aromatic N) is 1. The molecule has 2 atom stereocenters. The van der Waals surface area contributed by atoms with Gasteiger partial charge < -0.3 is 9.52 Å². The van der Waals surface area contributed by atoms with Crippen molar-refractivity contribution in [3.63, 3.8) is 0 Å². The molecule has 6 nitrogen and oxygen atoms in total. The molecule has 0 radical (unpaired) electrons. The van der Waals surface area contributed by atoms with Crippen molar-refractivity contribution in [2.75, 3.05) is 13.1 Å². The Hall–Kier alpha value is -1.37. The first-order chi connectivity index (χ1) is 8.61. The summed E-state index contributed by atoms with van der Waals surface area (Å²) >= 11 is 0. The van der Waals surface area contributed by atoms with Crippen molar-refractivity contribution < 1.29 is 14.3 Å². The number of furan rings is 1. The van der Waals surface area contributed by atoms with Gasteiger partial charge in [0, 0.05) is 13.1 Å². The van der Waals surface area contributed by atoms with E-state index >= 15 is 0 Å². The van der Waals surface area contributed by atoms with Gasteiger partial charge in [0.25, 0.3) is 5.91 Å². The highest BCUT2D eigenvalue weighted by atomic mass is 16.3. The number of likely N-dealkylation sites (tertiary alicyclic amines) is 1. The van der Waals surface area contributed by atoms with Gasteiger partial charge in [-0.15, -0.1) is 0 Å². The average molecular weight is 253 g/mol. The van der Waals surface area contributed by atoms with E-state index in [2.05, 4.69) is 10.3 Å². The van der Waals surface area contributed by atoms with Crippen LogP contribution >= 0.6 is 0 Å². The zero-order chi connectivity index (χ0) is 13.1. The number of rotatable bonds is 3. The van der Waals surface area contributed by atoms with Crippen LogP contribution in [0.4, 0.5) is 0 Å². The van der Waals surface area contributed by atoms with Gasteiger partial charge in [0.2, 0.25) is 0 Å². The van der Waals surface area contributed by atoms with Gasteiger partial charge in [-0.25, -0.2) is 5.84 Å². The fraction of sp³-hybridized carbons (Fsp3) is 0.583. The number of carbonyl (C=O) groups is 1. The van der Waals surface area contributed by atoms with Crippen molar-refractivity contribution in [2.45, 2.75) is 26.0 Å². The molecule has 2 heterocycles. The van der Waals surface area contributed by atoms with Crippen molar-refractivity contribution in [3.05, 3.63) is 23.7 Å². The SMILES string of the molecule is CC1CN(Cc2occc2C(=O)NN)CCC1O. The molecular formula is C12H19N3O3. The third-order valence-electron chi connectivity index (χ3n) is 3.43. The Balaban J connectivity index is 2.02. The number of nitrogens with two attached hydrogens (primary N) is 1. The minimum absolute atomic E-state index is 0.232. The van der Waals surface area contributed by atoms with Crippen LogP contribution in [-0.2, 0) is 6.54 Å². The summed E-state index contributed by atoms with van der Waals surface area (Å²) in [4.78, 5) is 13.7. The van der Waals surface area contributed by atoms with Crippen LogP contribution in [0.15, 0.2) is 16.7 Å². The number of amides is 1. The Labute approximate surface area is 106 Å². The van der Waals surface area contributed by atoms with Crippen LogP contribution in [-0.4, -0.2) is 35.1 Å². The summed E-state index contributed by atoms with van der Waals surface area (Å²) in [5.41, 5.74) is 2.57. The van der Waals surface area contributed by atoms with Gasteiger partial charge in [-0.05, 0) is 18.4 Å². The molecule has 2 unspecified atom stereocenters. The monoisotopic (exact) mass is 253 g/mol. The van der Waals surface area contributed by atoms with Crippen LogP contribution < -0.4 is 11.3 Å². The normalized spacial score (nSPS) is 25.1. The fourth-order valence-corrected chi connectivity index (χ4v) is 2.31. The van der Waals surface area contributed by atoms with E-state index in [0.717, 1.165) is 19.5 Å². The second kappa shape index (κ2) is 5.51. The van der Waals surface area contributed by atoms with E-state index in [1.54, 1.807) is 6.07 Å². The maximum Gasteiger partial charge on any atom is 0.268 e. The van der Waals surface area contributed by atoms with E-state index in [0.29, 0.717) is 17.9 Å². The molecule has 0 saturated carbocycles. The molecule has 100 valence electrons. The highest BCUT2D eigenvalue weighted by Crippen LogP contribution is 2.20. The Bertz CT molecular complexity index is 418. The maximum absolute atomic E-state index is 11.5. The summed E-state index contributed by atoms with van der Waals surface area (Å²) < 4.78 is 5.33. The van der Waals surface area contributed by atoms with E-state index in [4.69, 9.17) is 10.3 Å². The number of carbonyl (C=O) groups excluding carboxylic acids is 1. The van der Waals surface area contributed by atoms with Crippen molar-refractivity contribution in [3.8, 4) is 0 Å². The molecule has 6 heteroatoms. The lowest BCUT2D eigenvalue weighted by atomic mass is 9.96. The van der Waals surface area contributed by atoms with Gasteiger partial charge in [0.05, 0.1) is 24.5 Å². The molecule has 1 fully saturated rings. The number of hydrogen-bond acceptors (Lipinski definition) is 5. The molecule has 1 saturated heterocycles. The first-order valence-corrected chi connectivity index (χ1v) is 6.09. The topological polar surface area (TPSA) is 91.7 Å². The molecule has 2 rings (SSSR count). The number of aliphatic hydroxyl groups excluding tert-OH is 1. The molecule has 0 bridgehead atoms. The lowest BCUT2D eigenvalue weighted by Gasteiger charge is -2.33. The fourth-order valence-electron chi connectivity index (χ4n) is 2.31. The Kier molecular flexibility index (Phi) is 4.00. The average Bonchev–Trinajstić information content (AvgIpc) is 2.81. The first kappa shape index (κ1) is 13.1. The van der Waals surface area contributed by atoms with Crippen LogP contribution in [0.25, 0.3) is 0 Å². The van der Waals surface area contributed by atoms with Gasteiger partial charge >= 0.3 is 0 Å². The zero-order valence-corrected chi connectivity index (χ0v) is 10.4. The predicted molar refractivity (Wildman–Crippen MR) is 65.4 cm³/mol. The Morgan fingerprint density at radius 3 is 3.17 bits per heavy atom. The molecule has 0 aliphatic carbocycles. The number of nitrogens with one attached hydrogen (secondary N) is 1. The van der Waals surface area contributed by atoms with E-state index in [1.807, 2.05) is 6.92 Å². The van der Waals surface area contributed by atoms with Gasteiger partial charge in [-0.2, -0.15) is 0 Å². The largest absolute Gasteiger partial charge is 0.467 e. The summed E-state index contributed by atoms with van der Waals surface area (Å²) in [6.45, 7) is 4.18. The van der Waals surface area contributed by atoms with Crippen molar-refractivity contribution in [1.29, 1.82) is 0 Å². The van der Waals surface area contributed by atoms with E-state index in [-0.39, 0.29) is 17.9 Å². The van der Waals surface area contributed by atoms with Gasteiger partial charge in [-0.1, -0.05) is 6.92 Å². The summed E-state index contributed by atoms with van der Waals surface area (Å²) in [6, 6.07) is 1.61. The van der Waals surface area contributed by atoms with Crippen LogP contribution in [0.2, 0.25) is 0 Å². The van der Waals surface area contributed by atoms with E-state index in [9.17, 15) is 9.90 Å². The summed E-state index contributed by atoms with van der Waals surface area (Å²) in [5, 5.41) is 9.67. The molecule has 0 aromatic carbocycles. The highest BCUT2D eigenvalue weighted by molar-refractivity contribution is 5.94. The molecule has 0 spiro atoms.